The second-order valence-electron chi connectivity index (χ2n) is 5.12. The molecular formula is C11H16N4O4. The highest BCUT2D eigenvalue weighted by Crippen LogP contribution is 2.35. The number of nitrogens with zero attached hydrogens (tertiary/aromatic N) is 4. The van der Waals surface area contributed by atoms with E-state index in [1.165, 1.54) is 10.9 Å². The molecular weight excluding hydrogens is 252 g/mol. The maximum atomic E-state index is 11.2. The number of aliphatic carboxylic acids is 1. The Hall–Kier alpha value is -2.12. The van der Waals surface area contributed by atoms with Crippen molar-refractivity contribution in [2.75, 3.05) is 18.0 Å². The van der Waals surface area contributed by atoms with Crippen molar-refractivity contribution in [1.29, 1.82) is 0 Å². The molecule has 0 radical (unpaired) electrons. The number of aryl methyl sites for hydroxylation is 1. The van der Waals surface area contributed by atoms with Gasteiger partial charge in [0.25, 0.3) is 0 Å². The summed E-state index contributed by atoms with van der Waals surface area (Å²) in [4.78, 5) is 23.4. The quantitative estimate of drug-likeness (QED) is 0.648. The fraction of sp³-hybridized carbons (Fsp3) is 0.636. The van der Waals surface area contributed by atoms with Crippen molar-refractivity contribution >= 4 is 17.5 Å². The van der Waals surface area contributed by atoms with Crippen LogP contribution in [0.25, 0.3) is 0 Å². The number of aromatic nitrogens is 2. The van der Waals surface area contributed by atoms with Gasteiger partial charge in [-0.25, -0.2) is 0 Å². The first-order valence-corrected chi connectivity index (χ1v) is 6.00. The van der Waals surface area contributed by atoms with Gasteiger partial charge in [-0.1, -0.05) is 0 Å². The Balaban J connectivity index is 2.18. The van der Waals surface area contributed by atoms with Gasteiger partial charge in [-0.2, -0.15) is 0 Å². The van der Waals surface area contributed by atoms with E-state index in [0.717, 1.165) is 0 Å². The van der Waals surface area contributed by atoms with Gasteiger partial charge in [0, 0.05) is 20.1 Å². The first-order chi connectivity index (χ1) is 8.83. The van der Waals surface area contributed by atoms with Gasteiger partial charge >= 0.3 is 11.7 Å². The number of carbonyl (C=O) groups is 1. The van der Waals surface area contributed by atoms with E-state index in [0.29, 0.717) is 31.7 Å². The van der Waals surface area contributed by atoms with E-state index in [-0.39, 0.29) is 5.69 Å². The van der Waals surface area contributed by atoms with E-state index in [1.54, 1.807) is 18.9 Å². The zero-order valence-corrected chi connectivity index (χ0v) is 10.9. The third-order valence-electron chi connectivity index (χ3n) is 3.67. The van der Waals surface area contributed by atoms with Gasteiger partial charge < -0.3 is 10.0 Å². The van der Waals surface area contributed by atoms with Crippen LogP contribution in [-0.2, 0) is 11.8 Å². The van der Waals surface area contributed by atoms with Crippen LogP contribution < -0.4 is 4.90 Å². The van der Waals surface area contributed by atoms with E-state index in [4.69, 9.17) is 5.11 Å². The summed E-state index contributed by atoms with van der Waals surface area (Å²) in [6.45, 7) is 2.63. The third kappa shape index (κ3) is 2.38. The van der Waals surface area contributed by atoms with Gasteiger partial charge in [0.2, 0.25) is 5.82 Å². The fourth-order valence-corrected chi connectivity index (χ4v) is 2.24. The van der Waals surface area contributed by atoms with Crippen molar-refractivity contribution in [3.63, 3.8) is 0 Å². The number of rotatable bonds is 3. The predicted molar refractivity (Wildman–Crippen MR) is 67.1 cm³/mol. The van der Waals surface area contributed by atoms with Gasteiger partial charge in [-0.3, -0.25) is 19.6 Å². The summed E-state index contributed by atoms with van der Waals surface area (Å²) in [5, 5.41) is 24.2. The molecule has 2 heterocycles. The van der Waals surface area contributed by atoms with Crippen molar-refractivity contribution in [2.45, 2.75) is 19.8 Å². The van der Waals surface area contributed by atoms with Gasteiger partial charge in [-0.15, -0.1) is 5.10 Å². The number of piperidine rings is 1. The monoisotopic (exact) mass is 268 g/mol. The lowest BCUT2D eigenvalue weighted by Gasteiger charge is -2.36. The Morgan fingerprint density at radius 3 is 2.58 bits per heavy atom. The molecule has 1 aromatic rings. The van der Waals surface area contributed by atoms with Crippen molar-refractivity contribution in [1.82, 2.24) is 9.78 Å². The van der Waals surface area contributed by atoms with Gasteiger partial charge in [-0.05, 0) is 19.8 Å². The topological polar surface area (TPSA) is 102 Å². The molecule has 0 unspecified atom stereocenters. The van der Waals surface area contributed by atoms with Crippen molar-refractivity contribution in [3.8, 4) is 0 Å². The molecule has 0 amide bonds. The minimum Gasteiger partial charge on any atom is -0.481 e. The molecule has 1 aromatic heterocycles. The number of hydrogen-bond acceptors (Lipinski definition) is 5. The summed E-state index contributed by atoms with van der Waals surface area (Å²) in [6.07, 6.45) is 2.27. The zero-order valence-electron chi connectivity index (χ0n) is 10.9. The molecule has 0 saturated carbocycles. The molecule has 0 aromatic carbocycles. The molecule has 1 aliphatic heterocycles. The van der Waals surface area contributed by atoms with Crippen molar-refractivity contribution in [2.24, 2.45) is 12.5 Å². The number of hydrogen-bond donors (Lipinski definition) is 1. The second kappa shape index (κ2) is 4.52. The highest BCUT2D eigenvalue weighted by molar-refractivity contribution is 5.74. The summed E-state index contributed by atoms with van der Waals surface area (Å²) < 4.78 is 1.40. The summed E-state index contributed by atoms with van der Waals surface area (Å²) in [5.74, 6) is -0.498. The van der Waals surface area contributed by atoms with E-state index >= 15 is 0 Å². The third-order valence-corrected chi connectivity index (χ3v) is 3.67. The summed E-state index contributed by atoms with van der Waals surface area (Å²) in [5.41, 5.74) is -0.790. The predicted octanol–water partition coefficient (Wildman–Crippen LogP) is 1.02. The lowest BCUT2D eigenvalue weighted by atomic mass is 9.80. The van der Waals surface area contributed by atoms with Crippen molar-refractivity contribution < 1.29 is 14.8 Å². The van der Waals surface area contributed by atoms with E-state index in [1.807, 2.05) is 0 Å². The highest BCUT2D eigenvalue weighted by atomic mass is 16.6. The molecule has 1 aliphatic rings. The van der Waals surface area contributed by atoms with Crippen LogP contribution in [0, 0.1) is 15.5 Å². The van der Waals surface area contributed by atoms with Crippen LogP contribution in [0.1, 0.15) is 19.8 Å². The van der Waals surface area contributed by atoms with Crippen LogP contribution in [0.15, 0.2) is 6.20 Å². The van der Waals surface area contributed by atoms with Gasteiger partial charge in [0.1, 0.15) is 6.20 Å². The van der Waals surface area contributed by atoms with Crippen LogP contribution in [0.5, 0.6) is 0 Å². The van der Waals surface area contributed by atoms with E-state index < -0.39 is 16.3 Å². The fourth-order valence-electron chi connectivity index (χ4n) is 2.24. The average molecular weight is 268 g/mol. The molecule has 0 bridgehead atoms. The van der Waals surface area contributed by atoms with Crippen LogP contribution >= 0.6 is 0 Å². The van der Waals surface area contributed by atoms with E-state index in [9.17, 15) is 14.9 Å². The minimum absolute atomic E-state index is 0.0403. The molecule has 19 heavy (non-hydrogen) atoms. The lowest BCUT2D eigenvalue weighted by molar-refractivity contribution is -0.384. The van der Waals surface area contributed by atoms with Crippen LogP contribution in [0.4, 0.5) is 11.5 Å². The molecule has 1 fully saturated rings. The molecule has 0 spiro atoms. The Morgan fingerprint density at radius 2 is 2.11 bits per heavy atom. The normalized spacial score (nSPS) is 18.3. The van der Waals surface area contributed by atoms with E-state index in [2.05, 4.69) is 5.10 Å². The Bertz CT molecular complexity index is 517. The number of nitro groups is 1. The summed E-state index contributed by atoms with van der Waals surface area (Å²) in [6, 6.07) is 0. The van der Waals surface area contributed by atoms with Gasteiger partial charge in [0.05, 0.1) is 10.3 Å². The molecule has 2 rings (SSSR count). The maximum Gasteiger partial charge on any atom is 0.330 e. The first kappa shape index (κ1) is 13.3. The Labute approximate surface area is 109 Å². The summed E-state index contributed by atoms with van der Waals surface area (Å²) >= 11 is 0. The zero-order chi connectivity index (χ0) is 14.2. The maximum absolute atomic E-state index is 11.2. The molecule has 104 valence electrons. The molecule has 0 aliphatic carbocycles. The highest BCUT2D eigenvalue weighted by Gasteiger charge is 2.38. The standard InChI is InChI=1S/C11H16N4O4/c1-11(10(16)17)3-5-14(6-4-11)9-8(15(18)19)7-13(2)12-9/h7H,3-6H2,1-2H3,(H,16,17). The SMILES string of the molecule is Cn1cc([N+](=O)[O-])c(N2CCC(C)(C(=O)O)CC2)n1. The number of carboxylic acids is 1. The number of anilines is 1. The first-order valence-electron chi connectivity index (χ1n) is 6.00. The summed E-state index contributed by atoms with van der Waals surface area (Å²) in [7, 11) is 1.63. The Kier molecular flexibility index (Phi) is 3.17. The number of carboxylic acid groups (broad SMARTS) is 1. The van der Waals surface area contributed by atoms with Crippen molar-refractivity contribution in [3.05, 3.63) is 16.3 Å². The minimum atomic E-state index is -0.817. The van der Waals surface area contributed by atoms with Crippen LogP contribution in [0.2, 0.25) is 0 Å². The largest absolute Gasteiger partial charge is 0.481 e. The van der Waals surface area contributed by atoms with Crippen LogP contribution in [-0.4, -0.2) is 38.9 Å². The second-order valence-corrected chi connectivity index (χ2v) is 5.12. The molecule has 8 heteroatoms. The molecule has 8 nitrogen and oxygen atoms in total. The van der Waals surface area contributed by atoms with Gasteiger partial charge in [0.15, 0.2) is 0 Å². The molecule has 1 N–H and O–H groups in total. The van der Waals surface area contributed by atoms with Crippen LogP contribution in [0.3, 0.4) is 0 Å². The molecule has 0 atom stereocenters. The smallest absolute Gasteiger partial charge is 0.330 e. The lowest BCUT2D eigenvalue weighted by Crippen LogP contribution is -2.43. The Morgan fingerprint density at radius 1 is 1.53 bits per heavy atom. The molecule has 1 saturated heterocycles. The average Bonchev–Trinajstić information content (AvgIpc) is 2.72.